The molecule has 1 heterocycles. The predicted octanol–water partition coefficient (Wildman–Crippen LogP) is 2.94. The summed E-state index contributed by atoms with van der Waals surface area (Å²) in [4.78, 5) is 0. The van der Waals surface area contributed by atoms with E-state index < -0.39 is 0 Å². The Bertz CT molecular complexity index is 475. The van der Waals surface area contributed by atoms with Crippen LogP contribution in [0.25, 0.3) is 0 Å². The minimum Gasteiger partial charge on any atom is -0.416 e. The summed E-state index contributed by atoms with van der Waals surface area (Å²) in [6, 6.07) is 7.69. The van der Waals surface area contributed by atoms with E-state index in [1.54, 1.807) is 0 Å². The van der Waals surface area contributed by atoms with Crippen LogP contribution in [0.3, 0.4) is 0 Å². The van der Waals surface area contributed by atoms with Gasteiger partial charge in [0.15, 0.2) is 0 Å². The van der Waals surface area contributed by atoms with E-state index in [9.17, 15) is 0 Å². The number of aromatic nitrogens is 2. The zero-order chi connectivity index (χ0) is 12.1. The van der Waals surface area contributed by atoms with E-state index in [4.69, 9.17) is 21.8 Å². The quantitative estimate of drug-likeness (QED) is 0.860. The lowest BCUT2D eigenvalue weighted by Gasteiger charge is -1.97. The van der Waals surface area contributed by atoms with E-state index in [2.05, 4.69) is 10.2 Å². The number of rotatable bonds is 5. The average molecular weight is 306 g/mol. The molecule has 0 radical (unpaired) electrons. The zero-order valence-electron chi connectivity index (χ0n) is 9.51. The molecule has 1 aromatic carbocycles. The molecule has 0 saturated carbocycles. The number of nitrogens with two attached hydrogens (primary N) is 1. The van der Waals surface area contributed by atoms with Gasteiger partial charge in [0.2, 0.25) is 5.89 Å². The SMILES string of the molecule is Cl.NCCc1nnc(SCc2ccc(Cl)cc2)o1. The Labute approximate surface area is 121 Å². The van der Waals surface area contributed by atoms with Gasteiger partial charge in [-0.15, -0.1) is 22.6 Å². The van der Waals surface area contributed by atoms with Gasteiger partial charge in [-0.25, -0.2) is 0 Å². The van der Waals surface area contributed by atoms with Crippen molar-refractivity contribution in [1.29, 1.82) is 0 Å². The van der Waals surface area contributed by atoms with Crippen LogP contribution in [-0.2, 0) is 12.2 Å². The molecule has 18 heavy (non-hydrogen) atoms. The first-order valence-electron chi connectivity index (χ1n) is 5.17. The number of benzene rings is 1. The maximum absolute atomic E-state index is 5.81. The molecule has 0 fully saturated rings. The van der Waals surface area contributed by atoms with Crippen LogP contribution < -0.4 is 5.73 Å². The van der Waals surface area contributed by atoms with E-state index in [0.717, 1.165) is 16.3 Å². The third kappa shape index (κ3) is 4.49. The van der Waals surface area contributed by atoms with Crippen LogP contribution in [0.15, 0.2) is 33.9 Å². The molecule has 2 N–H and O–H groups in total. The van der Waals surface area contributed by atoms with E-state index in [-0.39, 0.29) is 12.4 Å². The summed E-state index contributed by atoms with van der Waals surface area (Å²) in [5.74, 6) is 1.37. The minimum atomic E-state index is 0. The average Bonchev–Trinajstić information content (AvgIpc) is 2.77. The first kappa shape index (κ1) is 15.3. The number of nitrogens with zero attached hydrogens (tertiary/aromatic N) is 2. The van der Waals surface area contributed by atoms with Gasteiger partial charge in [-0.2, -0.15) is 0 Å². The molecule has 0 aliphatic rings. The lowest BCUT2D eigenvalue weighted by Crippen LogP contribution is -2.02. The van der Waals surface area contributed by atoms with Gasteiger partial charge in [0.1, 0.15) is 0 Å². The van der Waals surface area contributed by atoms with Crippen LogP contribution in [0.5, 0.6) is 0 Å². The van der Waals surface area contributed by atoms with Gasteiger partial charge < -0.3 is 10.2 Å². The Balaban J connectivity index is 0.00000162. The maximum atomic E-state index is 5.81. The summed E-state index contributed by atoms with van der Waals surface area (Å²) in [6.07, 6.45) is 0.620. The van der Waals surface area contributed by atoms with Gasteiger partial charge in [-0.3, -0.25) is 0 Å². The van der Waals surface area contributed by atoms with Crippen molar-refractivity contribution in [3.8, 4) is 0 Å². The first-order chi connectivity index (χ1) is 8.28. The second kappa shape index (κ2) is 7.63. The topological polar surface area (TPSA) is 64.9 Å². The lowest BCUT2D eigenvalue weighted by atomic mass is 10.2. The smallest absolute Gasteiger partial charge is 0.276 e. The highest BCUT2D eigenvalue weighted by molar-refractivity contribution is 7.98. The molecule has 7 heteroatoms. The van der Waals surface area contributed by atoms with E-state index in [1.165, 1.54) is 11.8 Å². The summed E-state index contributed by atoms with van der Waals surface area (Å²) in [7, 11) is 0. The summed E-state index contributed by atoms with van der Waals surface area (Å²) < 4.78 is 5.40. The molecular weight excluding hydrogens is 293 g/mol. The van der Waals surface area contributed by atoms with Crippen molar-refractivity contribution in [2.75, 3.05) is 6.54 Å². The number of thioether (sulfide) groups is 1. The third-order valence-corrected chi connectivity index (χ3v) is 3.22. The minimum absolute atomic E-state index is 0. The predicted molar refractivity (Wildman–Crippen MR) is 75.3 cm³/mol. The largest absolute Gasteiger partial charge is 0.416 e. The van der Waals surface area contributed by atoms with Crippen molar-refractivity contribution in [2.24, 2.45) is 5.73 Å². The Morgan fingerprint density at radius 2 is 1.94 bits per heavy atom. The molecule has 0 spiro atoms. The molecule has 4 nitrogen and oxygen atoms in total. The fraction of sp³-hybridized carbons (Fsp3) is 0.273. The molecule has 0 atom stereocenters. The van der Waals surface area contributed by atoms with Crippen LogP contribution in [-0.4, -0.2) is 16.7 Å². The van der Waals surface area contributed by atoms with E-state index >= 15 is 0 Å². The summed E-state index contributed by atoms with van der Waals surface area (Å²) >= 11 is 7.31. The first-order valence-corrected chi connectivity index (χ1v) is 6.54. The van der Waals surface area contributed by atoms with Crippen molar-refractivity contribution >= 4 is 35.8 Å². The van der Waals surface area contributed by atoms with Crippen LogP contribution in [0.2, 0.25) is 5.02 Å². The standard InChI is InChI=1S/C11H12ClN3OS.ClH/c12-9-3-1-8(2-4-9)7-17-11-15-14-10(16-11)5-6-13;/h1-4H,5-7,13H2;1H. The normalized spacial score (nSPS) is 10.1. The molecule has 0 aliphatic carbocycles. The molecule has 0 bridgehead atoms. The summed E-state index contributed by atoms with van der Waals surface area (Å²) in [6.45, 7) is 0.517. The van der Waals surface area contributed by atoms with Crippen LogP contribution in [0, 0.1) is 0 Å². The zero-order valence-corrected chi connectivity index (χ0v) is 11.9. The fourth-order valence-corrected chi connectivity index (χ4v) is 2.11. The Morgan fingerprint density at radius 1 is 1.22 bits per heavy atom. The molecule has 0 aliphatic heterocycles. The molecule has 1 aromatic heterocycles. The molecule has 2 aromatic rings. The van der Waals surface area contributed by atoms with Crippen LogP contribution in [0.1, 0.15) is 11.5 Å². The van der Waals surface area contributed by atoms with Crippen LogP contribution >= 0.6 is 35.8 Å². The summed E-state index contributed by atoms with van der Waals surface area (Å²) in [5.41, 5.74) is 6.57. The van der Waals surface area contributed by atoms with Crippen molar-refractivity contribution in [1.82, 2.24) is 10.2 Å². The monoisotopic (exact) mass is 305 g/mol. The van der Waals surface area contributed by atoms with E-state index in [0.29, 0.717) is 24.1 Å². The van der Waals surface area contributed by atoms with Crippen molar-refractivity contribution in [2.45, 2.75) is 17.4 Å². The second-order valence-corrected chi connectivity index (χ2v) is 4.78. The molecule has 0 unspecified atom stereocenters. The van der Waals surface area contributed by atoms with E-state index in [1.807, 2.05) is 24.3 Å². The third-order valence-electron chi connectivity index (χ3n) is 2.08. The van der Waals surface area contributed by atoms with Gasteiger partial charge >= 0.3 is 0 Å². The van der Waals surface area contributed by atoms with Gasteiger partial charge in [-0.1, -0.05) is 35.5 Å². The number of hydrogen-bond donors (Lipinski definition) is 1. The van der Waals surface area contributed by atoms with Gasteiger partial charge in [0.25, 0.3) is 5.22 Å². The molecule has 98 valence electrons. The Morgan fingerprint density at radius 3 is 2.61 bits per heavy atom. The maximum Gasteiger partial charge on any atom is 0.276 e. The molecule has 0 amide bonds. The second-order valence-electron chi connectivity index (χ2n) is 3.42. The molecular formula is C11H13Cl2N3OS. The van der Waals surface area contributed by atoms with Crippen molar-refractivity contribution < 1.29 is 4.42 Å². The highest BCUT2D eigenvalue weighted by Gasteiger charge is 2.06. The molecule has 2 rings (SSSR count). The van der Waals surface area contributed by atoms with Gasteiger partial charge in [0, 0.05) is 23.7 Å². The Kier molecular flexibility index (Phi) is 6.49. The van der Waals surface area contributed by atoms with Crippen LogP contribution in [0.4, 0.5) is 0 Å². The lowest BCUT2D eigenvalue weighted by molar-refractivity contribution is 0.414. The molecule has 0 saturated heterocycles. The highest BCUT2D eigenvalue weighted by Crippen LogP contribution is 2.22. The summed E-state index contributed by atoms with van der Waals surface area (Å²) in [5, 5.41) is 9.14. The van der Waals surface area contributed by atoms with Gasteiger partial charge in [0.05, 0.1) is 0 Å². The number of halogens is 2. The van der Waals surface area contributed by atoms with Crippen molar-refractivity contribution in [3.05, 3.63) is 40.7 Å². The van der Waals surface area contributed by atoms with Gasteiger partial charge in [-0.05, 0) is 17.7 Å². The highest BCUT2D eigenvalue weighted by atomic mass is 35.5. The fourth-order valence-electron chi connectivity index (χ4n) is 1.25. The van der Waals surface area contributed by atoms with Crippen molar-refractivity contribution in [3.63, 3.8) is 0 Å². The number of hydrogen-bond acceptors (Lipinski definition) is 5. The Hall–Kier alpha value is -0.750.